The molecule has 3 heteroatoms. The smallest absolute Gasteiger partial charge is 0.0341 e. The van der Waals surface area contributed by atoms with E-state index in [1.54, 1.807) is 0 Å². The first-order chi connectivity index (χ1) is 10.3. The van der Waals surface area contributed by atoms with Crippen molar-refractivity contribution in [1.82, 2.24) is 4.90 Å². The lowest BCUT2D eigenvalue weighted by Gasteiger charge is -2.21. The Labute approximate surface area is 135 Å². The zero-order valence-electron chi connectivity index (χ0n) is 12.2. The number of aryl methyl sites for hydroxylation is 1. The fraction of sp³-hybridized carbons (Fsp3) is 0.333. The maximum absolute atomic E-state index is 3.50. The topological polar surface area (TPSA) is 15.3 Å². The number of nitrogens with one attached hydrogen (secondary N) is 1. The number of hydrogen-bond acceptors (Lipinski definition) is 2. The molecule has 0 saturated carbocycles. The summed E-state index contributed by atoms with van der Waals surface area (Å²) >= 11 is 3.46. The Morgan fingerprint density at radius 3 is 2.57 bits per heavy atom. The molecule has 2 aromatic rings. The second-order valence-corrected chi connectivity index (χ2v) is 6.50. The lowest BCUT2D eigenvalue weighted by molar-refractivity contribution is 0.280. The molecule has 1 heterocycles. The molecule has 0 saturated heterocycles. The van der Waals surface area contributed by atoms with E-state index in [9.17, 15) is 0 Å². The van der Waals surface area contributed by atoms with Crippen LogP contribution in [-0.4, -0.2) is 24.5 Å². The number of hydrogen-bond donors (Lipinski definition) is 1. The normalized spacial score (nSPS) is 15.3. The van der Waals surface area contributed by atoms with Crippen LogP contribution >= 0.6 is 15.9 Å². The molecule has 0 radical (unpaired) electrons. The highest BCUT2D eigenvalue weighted by molar-refractivity contribution is 9.10. The van der Waals surface area contributed by atoms with E-state index in [4.69, 9.17) is 0 Å². The maximum Gasteiger partial charge on any atom is 0.0341 e. The Balaban J connectivity index is 1.53. The third kappa shape index (κ3) is 4.08. The highest BCUT2D eigenvalue weighted by Gasteiger charge is 2.13. The fourth-order valence-electron chi connectivity index (χ4n) is 2.89. The number of fused-ring (bicyclic) bond motifs is 1. The summed E-state index contributed by atoms with van der Waals surface area (Å²) in [6, 6.07) is 17.2. The number of halogens is 1. The van der Waals surface area contributed by atoms with Gasteiger partial charge in [-0.25, -0.2) is 0 Å². The molecule has 2 nitrogen and oxygen atoms in total. The van der Waals surface area contributed by atoms with Crippen LogP contribution in [0.2, 0.25) is 0 Å². The van der Waals surface area contributed by atoms with Gasteiger partial charge in [-0.15, -0.1) is 0 Å². The Morgan fingerprint density at radius 2 is 1.76 bits per heavy atom. The van der Waals surface area contributed by atoms with E-state index < -0.39 is 0 Å². The Morgan fingerprint density at radius 1 is 1.00 bits per heavy atom. The van der Waals surface area contributed by atoms with Crippen molar-refractivity contribution >= 4 is 21.6 Å². The molecule has 3 rings (SSSR count). The minimum Gasteiger partial charge on any atom is -0.384 e. The van der Waals surface area contributed by atoms with Gasteiger partial charge in [0.1, 0.15) is 0 Å². The van der Waals surface area contributed by atoms with Crippen LogP contribution in [0.5, 0.6) is 0 Å². The van der Waals surface area contributed by atoms with Crippen LogP contribution in [0.4, 0.5) is 5.69 Å². The van der Waals surface area contributed by atoms with E-state index in [1.807, 2.05) is 0 Å². The van der Waals surface area contributed by atoms with Gasteiger partial charge in [-0.05, 0) is 54.8 Å². The van der Waals surface area contributed by atoms with Gasteiger partial charge in [0.2, 0.25) is 0 Å². The van der Waals surface area contributed by atoms with Crippen LogP contribution in [0.25, 0.3) is 0 Å². The van der Waals surface area contributed by atoms with E-state index in [0.717, 1.165) is 24.1 Å². The lowest BCUT2D eigenvalue weighted by Crippen LogP contribution is -2.28. The van der Waals surface area contributed by atoms with Gasteiger partial charge in [0.05, 0.1) is 0 Å². The fourth-order valence-corrected chi connectivity index (χ4v) is 3.15. The summed E-state index contributed by atoms with van der Waals surface area (Å²) in [4.78, 5) is 2.55. The van der Waals surface area contributed by atoms with Crippen molar-refractivity contribution in [2.45, 2.75) is 19.4 Å². The van der Waals surface area contributed by atoms with Gasteiger partial charge in [0.15, 0.2) is 0 Å². The van der Waals surface area contributed by atoms with Crippen LogP contribution < -0.4 is 5.32 Å². The highest BCUT2D eigenvalue weighted by Crippen LogP contribution is 2.18. The minimum atomic E-state index is 0.990. The molecule has 1 N–H and O–H groups in total. The van der Waals surface area contributed by atoms with Gasteiger partial charge >= 0.3 is 0 Å². The minimum absolute atomic E-state index is 0.990. The van der Waals surface area contributed by atoms with Gasteiger partial charge in [-0.2, -0.15) is 0 Å². The zero-order valence-corrected chi connectivity index (χ0v) is 13.8. The van der Waals surface area contributed by atoms with Gasteiger partial charge in [-0.3, -0.25) is 4.90 Å². The monoisotopic (exact) mass is 344 g/mol. The molecule has 0 aliphatic carbocycles. The molecular formula is C18H21BrN2. The van der Waals surface area contributed by atoms with E-state index in [0.29, 0.717) is 0 Å². The SMILES string of the molecule is Brc1ccc(NCCN2CCCc3ccccc3C2)cc1. The van der Waals surface area contributed by atoms with E-state index in [2.05, 4.69) is 74.7 Å². The molecule has 2 aromatic carbocycles. The van der Waals surface area contributed by atoms with Gasteiger partial charge in [0, 0.05) is 29.8 Å². The molecule has 110 valence electrons. The van der Waals surface area contributed by atoms with E-state index in [-0.39, 0.29) is 0 Å². The molecule has 0 unspecified atom stereocenters. The first-order valence-corrected chi connectivity index (χ1v) is 8.39. The molecular weight excluding hydrogens is 324 g/mol. The maximum atomic E-state index is 3.50. The first-order valence-electron chi connectivity index (χ1n) is 7.60. The van der Waals surface area contributed by atoms with Crippen molar-refractivity contribution in [3.63, 3.8) is 0 Å². The molecule has 0 amide bonds. The van der Waals surface area contributed by atoms with Crippen LogP contribution in [0, 0.1) is 0 Å². The van der Waals surface area contributed by atoms with Crippen molar-refractivity contribution in [1.29, 1.82) is 0 Å². The van der Waals surface area contributed by atoms with Crippen LogP contribution in [-0.2, 0) is 13.0 Å². The van der Waals surface area contributed by atoms with Crippen molar-refractivity contribution in [3.05, 3.63) is 64.1 Å². The summed E-state index contributed by atoms with van der Waals surface area (Å²) in [5, 5.41) is 3.50. The molecule has 0 fully saturated rings. The summed E-state index contributed by atoms with van der Waals surface area (Å²) in [5.74, 6) is 0. The van der Waals surface area contributed by atoms with E-state index in [1.165, 1.54) is 36.2 Å². The second kappa shape index (κ2) is 7.10. The lowest BCUT2D eigenvalue weighted by atomic mass is 10.0. The first kappa shape index (κ1) is 14.6. The van der Waals surface area contributed by atoms with Crippen LogP contribution in [0.3, 0.4) is 0 Å². The second-order valence-electron chi connectivity index (χ2n) is 5.58. The average molecular weight is 345 g/mol. The molecule has 0 atom stereocenters. The number of rotatable bonds is 4. The average Bonchev–Trinajstić information content (AvgIpc) is 2.71. The van der Waals surface area contributed by atoms with Gasteiger partial charge in [-0.1, -0.05) is 40.2 Å². The predicted molar refractivity (Wildman–Crippen MR) is 92.7 cm³/mol. The number of anilines is 1. The summed E-state index contributed by atoms with van der Waals surface area (Å²) < 4.78 is 1.12. The van der Waals surface area contributed by atoms with Crippen molar-refractivity contribution < 1.29 is 0 Å². The molecule has 0 spiro atoms. The summed E-state index contributed by atoms with van der Waals surface area (Å²) in [6.45, 7) is 4.35. The summed E-state index contributed by atoms with van der Waals surface area (Å²) in [5.41, 5.74) is 4.22. The Kier molecular flexibility index (Phi) is 4.94. The van der Waals surface area contributed by atoms with Crippen molar-refractivity contribution in [2.24, 2.45) is 0 Å². The zero-order chi connectivity index (χ0) is 14.5. The number of nitrogens with zero attached hydrogens (tertiary/aromatic N) is 1. The molecule has 1 aliphatic heterocycles. The van der Waals surface area contributed by atoms with E-state index >= 15 is 0 Å². The van der Waals surface area contributed by atoms with Gasteiger partial charge in [0.25, 0.3) is 0 Å². The van der Waals surface area contributed by atoms with Crippen molar-refractivity contribution in [3.8, 4) is 0 Å². The predicted octanol–water partition coefficient (Wildman–Crippen LogP) is 4.31. The standard InChI is InChI=1S/C18H21BrN2/c19-17-7-9-18(10-8-17)20-11-13-21-12-3-6-15-4-1-2-5-16(15)14-21/h1-2,4-5,7-10,20H,3,6,11-14H2. The van der Waals surface area contributed by atoms with Gasteiger partial charge < -0.3 is 5.32 Å². The Bertz CT molecular complexity index is 580. The summed E-state index contributed by atoms with van der Waals surface area (Å²) in [6.07, 6.45) is 2.47. The highest BCUT2D eigenvalue weighted by atomic mass is 79.9. The third-order valence-corrected chi connectivity index (χ3v) is 4.56. The van der Waals surface area contributed by atoms with Crippen LogP contribution in [0.15, 0.2) is 53.0 Å². The molecule has 1 aliphatic rings. The third-order valence-electron chi connectivity index (χ3n) is 4.03. The largest absolute Gasteiger partial charge is 0.384 e. The molecule has 21 heavy (non-hydrogen) atoms. The number of benzene rings is 2. The quantitative estimate of drug-likeness (QED) is 0.888. The summed E-state index contributed by atoms with van der Waals surface area (Å²) in [7, 11) is 0. The van der Waals surface area contributed by atoms with Crippen molar-refractivity contribution in [2.75, 3.05) is 25.0 Å². The Hall–Kier alpha value is -1.32. The van der Waals surface area contributed by atoms with Crippen LogP contribution in [0.1, 0.15) is 17.5 Å². The molecule has 0 bridgehead atoms. The molecule has 0 aromatic heterocycles.